The minimum Gasteiger partial charge on any atom is -0.296 e. The molecule has 0 saturated carbocycles. The molecule has 2 aliphatic heterocycles. The van der Waals surface area contributed by atoms with Crippen LogP contribution in [-0.4, -0.2) is 53.8 Å². The van der Waals surface area contributed by atoms with Gasteiger partial charge in [0, 0.05) is 47.8 Å². The summed E-state index contributed by atoms with van der Waals surface area (Å²) in [4.78, 5) is 31.1. The summed E-state index contributed by atoms with van der Waals surface area (Å²) in [5.74, 6) is -0.357. The highest BCUT2D eigenvalue weighted by Crippen LogP contribution is 2.28. The first-order valence-corrected chi connectivity index (χ1v) is 10.6. The van der Waals surface area contributed by atoms with Crippen molar-refractivity contribution in [3.8, 4) is 0 Å². The molecule has 0 aliphatic carbocycles. The first-order chi connectivity index (χ1) is 13.9. The van der Waals surface area contributed by atoms with Crippen LogP contribution in [0.1, 0.15) is 12.0 Å². The Bertz CT molecular complexity index is 945. The minimum absolute atomic E-state index is 0.175. The predicted molar refractivity (Wildman–Crippen MR) is 116 cm³/mol. The maximum atomic E-state index is 13.0. The number of piperazine rings is 1. The van der Waals surface area contributed by atoms with Gasteiger partial charge in [0.2, 0.25) is 5.91 Å². The third-order valence-corrected chi connectivity index (χ3v) is 6.27. The van der Waals surface area contributed by atoms with Gasteiger partial charge in [-0.25, -0.2) is 4.90 Å². The third kappa shape index (κ3) is 4.44. The number of anilines is 1. The summed E-state index contributed by atoms with van der Waals surface area (Å²) in [6.45, 7) is 3.77. The van der Waals surface area contributed by atoms with E-state index in [9.17, 15) is 9.59 Å². The van der Waals surface area contributed by atoms with Crippen LogP contribution in [0.15, 0.2) is 42.5 Å². The molecule has 2 aliphatic rings. The topological polar surface area (TPSA) is 43.9 Å². The molecule has 5 nitrogen and oxygen atoms in total. The van der Waals surface area contributed by atoms with Gasteiger partial charge in [0.1, 0.15) is 0 Å². The summed E-state index contributed by atoms with van der Waals surface area (Å²) in [6.07, 6.45) is 0.203. The van der Waals surface area contributed by atoms with E-state index in [1.807, 2.05) is 12.1 Å². The Morgan fingerprint density at radius 1 is 0.897 bits per heavy atom. The highest BCUT2D eigenvalue weighted by Gasteiger charge is 2.43. The van der Waals surface area contributed by atoms with Gasteiger partial charge in [0.05, 0.1) is 18.2 Å². The summed E-state index contributed by atoms with van der Waals surface area (Å²) in [7, 11) is 0. The highest BCUT2D eigenvalue weighted by molar-refractivity contribution is 6.35. The Kier molecular flexibility index (Phi) is 6.13. The van der Waals surface area contributed by atoms with E-state index in [4.69, 9.17) is 34.8 Å². The molecule has 0 radical (unpaired) electrons. The maximum Gasteiger partial charge on any atom is 0.251 e. The van der Waals surface area contributed by atoms with Gasteiger partial charge in [0.25, 0.3) is 5.91 Å². The first kappa shape index (κ1) is 20.6. The minimum atomic E-state index is -0.414. The molecule has 0 unspecified atom stereocenters. The molecule has 2 saturated heterocycles. The summed E-state index contributed by atoms with van der Waals surface area (Å²) in [5.41, 5.74) is 1.56. The molecule has 2 fully saturated rings. The fourth-order valence-electron chi connectivity index (χ4n) is 3.91. The number of hydrogen-bond acceptors (Lipinski definition) is 4. The van der Waals surface area contributed by atoms with E-state index < -0.39 is 6.04 Å². The van der Waals surface area contributed by atoms with Crippen molar-refractivity contribution in [1.29, 1.82) is 0 Å². The largest absolute Gasteiger partial charge is 0.296 e. The van der Waals surface area contributed by atoms with Crippen molar-refractivity contribution in [2.24, 2.45) is 0 Å². The fourth-order valence-corrected chi connectivity index (χ4v) is 4.56. The van der Waals surface area contributed by atoms with Crippen molar-refractivity contribution < 1.29 is 9.59 Å². The van der Waals surface area contributed by atoms with Crippen LogP contribution >= 0.6 is 34.8 Å². The van der Waals surface area contributed by atoms with Gasteiger partial charge in [0.15, 0.2) is 0 Å². The molecule has 29 heavy (non-hydrogen) atoms. The summed E-state index contributed by atoms with van der Waals surface area (Å²) < 4.78 is 0. The maximum absolute atomic E-state index is 13.0. The van der Waals surface area contributed by atoms with Gasteiger partial charge in [-0.3, -0.25) is 19.4 Å². The molecule has 8 heteroatoms. The van der Waals surface area contributed by atoms with Crippen LogP contribution < -0.4 is 4.90 Å². The summed E-state index contributed by atoms with van der Waals surface area (Å²) in [5, 5.41) is 1.78. The Hall–Kier alpha value is -1.63. The van der Waals surface area contributed by atoms with Gasteiger partial charge < -0.3 is 0 Å². The van der Waals surface area contributed by atoms with Crippen molar-refractivity contribution in [2.75, 3.05) is 31.1 Å². The van der Waals surface area contributed by atoms with E-state index in [0.29, 0.717) is 20.8 Å². The molecule has 0 N–H and O–H groups in total. The van der Waals surface area contributed by atoms with E-state index in [0.717, 1.165) is 38.3 Å². The van der Waals surface area contributed by atoms with Crippen molar-refractivity contribution in [2.45, 2.75) is 19.0 Å². The second-order valence-corrected chi connectivity index (χ2v) is 8.60. The van der Waals surface area contributed by atoms with E-state index in [1.54, 1.807) is 30.3 Å². The number of rotatable bonds is 4. The molecule has 4 rings (SSSR count). The Labute approximate surface area is 184 Å². The summed E-state index contributed by atoms with van der Waals surface area (Å²) in [6, 6.07) is 12.0. The lowest BCUT2D eigenvalue weighted by Gasteiger charge is -2.37. The Morgan fingerprint density at radius 3 is 2.31 bits per heavy atom. The molecule has 0 aromatic heterocycles. The molecule has 152 valence electrons. The number of carbonyl (C=O) groups is 2. The van der Waals surface area contributed by atoms with E-state index >= 15 is 0 Å². The molecule has 0 spiro atoms. The number of nitrogens with zero attached hydrogens (tertiary/aromatic N) is 3. The second-order valence-electron chi connectivity index (χ2n) is 7.32. The monoisotopic (exact) mass is 451 g/mol. The van der Waals surface area contributed by atoms with E-state index in [1.165, 1.54) is 4.90 Å². The predicted octanol–water partition coefficient (Wildman–Crippen LogP) is 4.10. The average molecular weight is 453 g/mol. The highest BCUT2D eigenvalue weighted by atomic mass is 35.5. The molecular weight excluding hydrogens is 433 g/mol. The quantitative estimate of drug-likeness (QED) is 0.655. The number of amides is 2. The molecule has 1 atom stereocenters. The first-order valence-electron chi connectivity index (χ1n) is 9.45. The molecule has 2 aromatic rings. The third-order valence-electron chi connectivity index (χ3n) is 5.45. The molecular formula is C21H20Cl3N3O2. The lowest BCUT2D eigenvalue weighted by Crippen LogP contribution is -2.52. The molecule has 2 aromatic carbocycles. The number of hydrogen-bond donors (Lipinski definition) is 0. The zero-order valence-electron chi connectivity index (χ0n) is 15.7. The zero-order chi connectivity index (χ0) is 20.5. The standard InChI is InChI=1S/C21H20Cl3N3O2/c22-15-2-1-3-17(10-15)27-20(28)12-19(21(27)29)26-8-6-25(7-9-26)13-14-4-5-16(23)11-18(14)24/h1-5,10-11,19H,6-9,12-13H2/t19-/m1/s1. The number of carbonyl (C=O) groups excluding carboxylic acids is 2. The van der Waals surface area contributed by atoms with Gasteiger partial charge >= 0.3 is 0 Å². The van der Waals surface area contributed by atoms with E-state index in [2.05, 4.69) is 9.80 Å². The van der Waals surface area contributed by atoms with Crippen LogP contribution in [0.2, 0.25) is 15.1 Å². The van der Waals surface area contributed by atoms with E-state index in [-0.39, 0.29) is 18.2 Å². The normalized spacial score (nSPS) is 21.2. The van der Waals surface area contributed by atoms with Crippen LogP contribution in [0.5, 0.6) is 0 Å². The SMILES string of the molecule is O=C1C[C@@H](N2CCN(Cc3ccc(Cl)cc3Cl)CC2)C(=O)N1c1cccc(Cl)c1. The van der Waals surface area contributed by atoms with Crippen molar-refractivity contribution in [3.05, 3.63) is 63.1 Å². The van der Waals surface area contributed by atoms with Crippen molar-refractivity contribution in [3.63, 3.8) is 0 Å². The number of benzene rings is 2. The van der Waals surface area contributed by atoms with Crippen molar-refractivity contribution in [1.82, 2.24) is 9.80 Å². The molecule has 2 heterocycles. The van der Waals surface area contributed by atoms with Crippen LogP contribution in [0, 0.1) is 0 Å². The second kappa shape index (κ2) is 8.62. The smallest absolute Gasteiger partial charge is 0.251 e. The lowest BCUT2D eigenvalue weighted by molar-refractivity contribution is -0.123. The summed E-state index contributed by atoms with van der Waals surface area (Å²) >= 11 is 18.3. The fraction of sp³-hybridized carbons (Fsp3) is 0.333. The van der Waals surface area contributed by atoms with Crippen molar-refractivity contribution >= 4 is 52.3 Å². The van der Waals surface area contributed by atoms with Crippen LogP contribution in [0.3, 0.4) is 0 Å². The van der Waals surface area contributed by atoms with Gasteiger partial charge in [-0.15, -0.1) is 0 Å². The van der Waals surface area contributed by atoms with Gasteiger partial charge in [-0.05, 0) is 35.9 Å². The molecule has 0 bridgehead atoms. The van der Waals surface area contributed by atoms with Crippen LogP contribution in [0.4, 0.5) is 5.69 Å². The Balaban J connectivity index is 1.38. The zero-order valence-corrected chi connectivity index (χ0v) is 17.9. The number of halogens is 3. The van der Waals surface area contributed by atoms with Crippen LogP contribution in [0.25, 0.3) is 0 Å². The number of imide groups is 1. The lowest BCUT2D eigenvalue weighted by atomic mass is 10.1. The van der Waals surface area contributed by atoms with Gasteiger partial charge in [-0.1, -0.05) is 46.9 Å². The van der Waals surface area contributed by atoms with Gasteiger partial charge in [-0.2, -0.15) is 0 Å². The van der Waals surface area contributed by atoms with Crippen LogP contribution in [-0.2, 0) is 16.1 Å². The average Bonchev–Trinajstić information content (AvgIpc) is 2.99. The Morgan fingerprint density at radius 2 is 1.62 bits per heavy atom. The molecule has 2 amide bonds.